The lowest BCUT2D eigenvalue weighted by atomic mass is 9.77. The van der Waals surface area contributed by atoms with Crippen LogP contribution in [0, 0.1) is 0 Å². The van der Waals surface area contributed by atoms with Crippen LogP contribution in [0.5, 0.6) is 0 Å². The SMILES string of the molecule is CC(C)N1CCN(c2ccc(Nc3ncc4c(n3)N3C(C=C4)C(=O)NCC34CCCCC4)nn2)CC1. The van der Waals surface area contributed by atoms with Crippen LogP contribution in [0.1, 0.15) is 51.5 Å². The second-order valence-corrected chi connectivity index (χ2v) is 10.7. The number of carbonyl (C=O) groups excluding carboxylic acids is 1. The quantitative estimate of drug-likeness (QED) is 0.671. The Kier molecular flexibility index (Phi) is 5.99. The molecule has 4 aliphatic rings. The van der Waals surface area contributed by atoms with Gasteiger partial charge in [-0.1, -0.05) is 31.4 Å². The summed E-state index contributed by atoms with van der Waals surface area (Å²) >= 11 is 0. The summed E-state index contributed by atoms with van der Waals surface area (Å²) in [7, 11) is 0. The average molecular weight is 490 g/mol. The lowest BCUT2D eigenvalue weighted by Gasteiger charge is -2.54. The molecule has 0 radical (unpaired) electrons. The number of hydrogen-bond acceptors (Lipinski definition) is 9. The molecule has 1 spiro atoms. The first-order chi connectivity index (χ1) is 17.5. The van der Waals surface area contributed by atoms with Gasteiger partial charge in [0.2, 0.25) is 11.9 Å². The molecule has 2 aromatic rings. The lowest BCUT2D eigenvalue weighted by Crippen LogP contribution is -2.69. The second-order valence-electron chi connectivity index (χ2n) is 10.7. The van der Waals surface area contributed by atoms with Crippen molar-refractivity contribution in [3.8, 4) is 0 Å². The summed E-state index contributed by atoms with van der Waals surface area (Å²) < 4.78 is 0. The van der Waals surface area contributed by atoms with E-state index in [0.717, 1.165) is 56.2 Å². The first-order valence-electron chi connectivity index (χ1n) is 13.2. The molecule has 1 unspecified atom stereocenters. The molecule has 2 aromatic heterocycles. The zero-order chi connectivity index (χ0) is 24.7. The molecule has 1 atom stereocenters. The van der Waals surface area contributed by atoms with Crippen LogP contribution in [0.3, 0.4) is 0 Å². The molecule has 6 rings (SSSR count). The minimum atomic E-state index is -0.331. The minimum absolute atomic E-state index is 0.0388. The normalized spacial score (nSPS) is 23.4. The molecular weight excluding hydrogens is 454 g/mol. The molecule has 36 heavy (non-hydrogen) atoms. The standard InChI is InChI=1S/C26H35N9O/c1-18(2)33-12-14-34(15-13-33)22-9-8-21(31-32-22)29-25-27-16-19-6-7-20-24(36)28-17-26(10-4-3-5-11-26)35(20)23(19)30-25/h6-9,16,18,20H,3-5,10-15,17H2,1-2H3,(H,28,36)(H,27,29,30,31). The van der Waals surface area contributed by atoms with Crippen LogP contribution in [-0.4, -0.2) is 81.3 Å². The zero-order valence-corrected chi connectivity index (χ0v) is 21.2. The molecule has 2 N–H and O–H groups in total. The van der Waals surface area contributed by atoms with Crippen molar-refractivity contribution in [2.24, 2.45) is 0 Å². The molecule has 0 bridgehead atoms. The first-order valence-corrected chi connectivity index (χ1v) is 13.2. The van der Waals surface area contributed by atoms with Gasteiger partial charge in [0.1, 0.15) is 11.9 Å². The Labute approximate surface area is 212 Å². The van der Waals surface area contributed by atoms with Crippen molar-refractivity contribution in [2.75, 3.05) is 47.8 Å². The third-order valence-corrected chi connectivity index (χ3v) is 8.17. The number of carbonyl (C=O) groups is 1. The zero-order valence-electron chi connectivity index (χ0n) is 21.2. The van der Waals surface area contributed by atoms with E-state index in [0.29, 0.717) is 24.4 Å². The monoisotopic (exact) mass is 489 g/mol. The number of nitrogens with one attached hydrogen (secondary N) is 2. The van der Waals surface area contributed by atoms with E-state index in [2.05, 4.69) is 54.4 Å². The Bertz CT molecular complexity index is 1130. The van der Waals surface area contributed by atoms with E-state index in [-0.39, 0.29) is 17.5 Å². The topological polar surface area (TPSA) is 102 Å². The van der Waals surface area contributed by atoms with Gasteiger partial charge in [-0.2, -0.15) is 4.98 Å². The smallest absolute Gasteiger partial charge is 0.246 e. The highest BCUT2D eigenvalue weighted by Crippen LogP contribution is 2.42. The van der Waals surface area contributed by atoms with Gasteiger partial charge in [-0.25, -0.2) is 4.98 Å². The number of hydrogen-bond donors (Lipinski definition) is 2. The minimum Gasteiger partial charge on any atom is -0.353 e. The Hall–Kier alpha value is -3.27. The van der Waals surface area contributed by atoms with E-state index in [9.17, 15) is 4.79 Å². The molecule has 1 saturated carbocycles. The van der Waals surface area contributed by atoms with Crippen LogP contribution in [0.25, 0.3) is 6.08 Å². The number of anilines is 4. The van der Waals surface area contributed by atoms with E-state index in [1.165, 1.54) is 19.3 Å². The Morgan fingerprint density at radius 1 is 1.08 bits per heavy atom. The molecule has 10 heteroatoms. The lowest BCUT2D eigenvalue weighted by molar-refractivity contribution is -0.123. The van der Waals surface area contributed by atoms with Gasteiger partial charge in [-0.15, -0.1) is 10.2 Å². The van der Waals surface area contributed by atoms with Crippen molar-refractivity contribution >= 4 is 35.4 Å². The number of nitrogens with zero attached hydrogens (tertiary/aromatic N) is 7. The fourth-order valence-corrected chi connectivity index (χ4v) is 6.10. The number of piperazine rings is 2. The summed E-state index contributed by atoms with van der Waals surface area (Å²) in [5.41, 5.74) is 0.849. The van der Waals surface area contributed by atoms with Gasteiger partial charge in [0.25, 0.3) is 0 Å². The highest BCUT2D eigenvalue weighted by molar-refractivity contribution is 5.93. The maximum absolute atomic E-state index is 12.8. The predicted molar refractivity (Wildman–Crippen MR) is 140 cm³/mol. The van der Waals surface area contributed by atoms with Crippen molar-refractivity contribution in [3.05, 3.63) is 30.0 Å². The van der Waals surface area contributed by atoms with Crippen molar-refractivity contribution in [1.29, 1.82) is 0 Å². The van der Waals surface area contributed by atoms with Gasteiger partial charge in [0.15, 0.2) is 11.6 Å². The van der Waals surface area contributed by atoms with Crippen LogP contribution in [0.15, 0.2) is 24.4 Å². The van der Waals surface area contributed by atoms with E-state index >= 15 is 0 Å². The second kappa shape index (κ2) is 9.31. The molecule has 5 heterocycles. The number of aromatic nitrogens is 4. The van der Waals surface area contributed by atoms with Crippen molar-refractivity contribution in [2.45, 2.75) is 63.6 Å². The third kappa shape index (κ3) is 4.17. The highest BCUT2D eigenvalue weighted by Gasteiger charge is 2.49. The summed E-state index contributed by atoms with van der Waals surface area (Å²) in [4.78, 5) is 29.2. The summed E-state index contributed by atoms with van der Waals surface area (Å²) in [6.45, 7) is 9.12. The van der Waals surface area contributed by atoms with E-state index in [4.69, 9.17) is 4.98 Å². The third-order valence-electron chi connectivity index (χ3n) is 8.17. The van der Waals surface area contributed by atoms with Crippen molar-refractivity contribution in [3.63, 3.8) is 0 Å². The van der Waals surface area contributed by atoms with Crippen molar-refractivity contribution < 1.29 is 4.79 Å². The van der Waals surface area contributed by atoms with Gasteiger partial charge < -0.3 is 20.4 Å². The Morgan fingerprint density at radius 2 is 1.89 bits per heavy atom. The van der Waals surface area contributed by atoms with Crippen LogP contribution in [-0.2, 0) is 4.79 Å². The average Bonchev–Trinajstić information content (AvgIpc) is 2.91. The van der Waals surface area contributed by atoms with E-state index < -0.39 is 0 Å². The van der Waals surface area contributed by atoms with Gasteiger partial charge >= 0.3 is 0 Å². The molecule has 3 fully saturated rings. The molecule has 190 valence electrons. The predicted octanol–water partition coefficient (Wildman–Crippen LogP) is 2.58. The first kappa shape index (κ1) is 23.1. The van der Waals surface area contributed by atoms with Gasteiger partial charge in [0, 0.05) is 50.5 Å². The Morgan fingerprint density at radius 3 is 2.61 bits per heavy atom. The van der Waals surface area contributed by atoms with Crippen LogP contribution < -0.4 is 20.4 Å². The van der Waals surface area contributed by atoms with Crippen LogP contribution >= 0.6 is 0 Å². The summed E-state index contributed by atoms with van der Waals surface area (Å²) in [6.07, 6.45) is 11.5. The molecule has 1 aliphatic carbocycles. The summed E-state index contributed by atoms with van der Waals surface area (Å²) in [5, 5.41) is 15.3. The Balaban J connectivity index is 1.21. The molecular formula is C26H35N9O. The number of amides is 1. The van der Waals surface area contributed by atoms with Crippen molar-refractivity contribution in [1.82, 2.24) is 30.4 Å². The molecule has 1 amide bonds. The van der Waals surface area contributed by atoms with Gasteiger partial charge in [-0.3, -0.25) is 9.69 Å². The highest BCUT2D eigenvalue weighted by atomic mass is 16.2. The molecule has 3 aliphatic heterocycles. The maximum Gasteiger partial charge on any atom is 0.246 e. The van der Waals surface area contributed by atoms with E-state index in [1.807, 2.05) is 30.5 Å². The number of fused-ring (bicyclic) bond motifs is 4. The number of rotatable bonds is 4. The van der Waals surface area contributed by atoms with Crippen LogP contribution in [0.4, 0.5) is 23.4 Å². The fourth-order valence-electron chi connectivity index (χ4n) is 6.10. The largest absolute Gasteiger partial charge is 0.353 e. The van der Waals surface area contributed by atoms with Gasteiger partial charge in [0.05, 0.1) is 5.54 Å². The maximum atomic E-state index is 12.8. The van der Waals surface area contributed by atoms with E-state index in [1.54, 1.807) is 0 Å². The summed E-state index contributed by atoms with van der Waals surface area (Å²) in [6, 6.07) is 4.17. The summed E-state index contributed by atoms with van der Waals surface area (Å²) in [5.74, 6) is 2.82. The fraction of sp³-hybridized carbons (Fsp3) is 0.577. The molecule has 2 saturated heterocycles. The molecule has 0 aromatic carbocycles. The van der Waals surface area contributed by atoms with Gasteiger partial charge in [-0.05, 0) is 38.8 Å². The van der Waals surface area contributed by atoms with Crippen LogP contribution in [0.2, 0.25) is 0 Å². The molecule has 10 nitrogen and oxygen atoms in total.